The third kappa shape index (κ3) is 2.92. The van der Waals surface area contributed by atoms with Crippen molar-refractivity contribution >= 4 is 39.6 Å². The standard InChI is InChI=1S/C19H20N6O2/c1-4-27-11-21-25-17-15(19(26)24(10-20-17)9-12(2)3)16-18(25)23-14-8-6-5-7-13(14)22-16/h5-8,10-12H,4,9H2,1-3H3/b21-11-. The third-order valence-electron chi connectivity index (χ3n) is 4.17. The first-order valence-corrected chi connectivity index (χ1v) is 8.91. The Balaban J connectivity index is 2.10. The van der Waals surface area contributed by atoms with Gasteiger partial charge in [0.05, 0.1) is 24.0 Å². The fourth-order valence-corrected chi connectivity index (χ4v) is 3.04. The average molecular weight is 364 g/mol. The molecule has 3 heterocycles. The molecule has 4 aromatic rings. The topological polar surface area (TPSA) is 87.2 Å². The summed E-state index contributed by atoms with van der Waals surface area (Å²) in [6, 6.07) is 7.54. The molecule has 0 fully saturated rings. The zero-order valence-corrected chi connectivity index (χ0v) is 15.5. The summed E-state index contributed by atoms with van der Waals surface area (Å²) >= 11 is 0. The predicted molar refractivity (Wildman–Crippen MR) is 105 cm³/mol. The molecule has 4 rings (SSSR count). The van der Waals surface area contributed by atoms with Crippen LogP contribution in [0.2, 0.25) is 0 Å². The minimum atomic E-state index is -0.145. The van der Waals surface area contributed by atoms with Gasteiger partial charge in [-0.1, -0.05) is 26.0 Å². The van der Waals surface area contributed by atoms with Crippen molar-refractivity contribution in [2.24, 2.45) is 11.0 Å². The highest BCUT2D eigenvalue weighted by Gasteiger charge is 2.19. The lowest BCUT2D eigenvalue weighted by atomic mass is 10.2. The van der Waals surface area contributed by atoms with E-state index in [1.165, 1.54) is 11.1 Å². The van der Waals surface area contributed by atoms with E-state index in [4.69, 9.17) is 4.74 Å². The molecule has 0 N–H and O–H groups in total. The maximum atomic E-state index is 13.1. The Morgan fingerprint density at radius 3 is 2.63 bits per heavy atom. The molecule has 0 bridgehead atoms. The van der Waals surface area contributed by atoms with E-state index in [1.807, 2.05) is 31.2 Å². The van der Waals surface area contributed by atoms with Crippen molar-refractivity contribution in [1.82, 2.24) is 24.2 Å². The van der Waals surface area contributed by atoms with Gasteiger partial charge in [-0.2, -0.15) is 4.68 Å². The van der Waals surface area contributed by atoms with Gasteiger partial charge in [0.15, 0.2) is 17.7 Å². The number of hydrogen-bond acceptors (Lipinski definition) is 6. The molecule has 1 aromatic carbocycles. The molecule has 0 spiro atoms. The Labute approximate surface area is 155 Å². The van der Waals surface area contributed by atoms with Gasteiger partial charge < -0.3 is 4.74 Å². The normalized spacial score (nSPS) is 12.1. The van der Waals surface area contributed by atoms with E-state index < -0.39 is 0 Å². The van der Waals surface area contributed by atoms with E-state index in [1.54, 1.807) is 10.9 Å². The van der Waals surface area contributed by atoms with Crippen molar-refractivity contribution in [3.05, 3.63) is 40.9 Å². The van der Waals surface area contributed by atoms with Crippen molar-refractivity contribution in [2.45, 2.75) is 27.3 Å². The lowest BCUT2D eigenvalue weighted by molar-refractivity contribution is 0.341. The zero-order chi connectivity index (χ0) is 19.0. The van der Waals surface area contributed by atoms with Crippen LogP contribution in [0.1, 0.15) is 20.8 Å². The van der Waals surface area contributed by atoms with E-state index in [0.717, 1.165) is 11.0 Å². The SMILES string of the molecule is CCO/C=N\n1c2nc3ccccc3nc2c2c(=O)n(CC(C)C)cnc21. The molecule has 0 radical (unpaired) electrons. The van der Waals surface area contributed by atoms with Crippen LogP contribution in [-0.4, -0.2) is 37.2 Å². The second kappa shape index (κ2) is 6.79. The summed E-state index contributed by atoms with van der Waals surface area (Å²) in [7, 11) is 0. The monoisotopic (exact) mass is 364 g/mol. The lowest BCUT2D eigenvalue weighted by Crippen LogP contribution is -2.22. The fraction of sp³-hybridized carbons (Fsp3) is 0.316. The summed E-state index contributed by atoms with van der Waals surface area (Å²) in [4.78, 5) is 26.9. The highest BCUT2D eigenvalue weighted by molar-refractivity contribution is 6.04. The minimum Gasteiger partial charge on any atom is -0.482 e. The van der Waals surface area contributed by atoms with Gasteiger partial charge >= 0.3 is 0 Å². The summed E-state index contributed by atoms with van der Waals surface area (Å²) in [6.45, 7) is 7.05. The summed E-state index contributed by atoms with van der Waals surface area (Å²) in [5, 5.41) is 4.72. The smallest absolute Gasteiger partial charge is 0.265 e. The quantitative estimate of drug-likeness (QED) is 0.401. The molecule has 0 atom stereocenters. The molecule has 0 aliphatic rings. The molecule has 0 amide bonds. The Morgan fingerprint density at radius 2 is 1.93 bits per heavy atom. The van der Waals surface area contributed by atoms with Crippen LogP contribution in [-0.2, 0) is 11.3 Å². The summed E-state index contributed by atoms with van der Waals surface area (Å²) in [5.74, 6) is 0.318. The van der Waals surface area contributed by atoms with Gasteiger partial charge in [-0.3, -0.25) is 9.36 Å². The van der Waals surface area contributed by atoms with E-state index in [2.05, 4.69) is 33.9 Å². The van der Waals surface area contributed by atoms with Crippen LogP contribution < -0.4 is 5.56 Å². The highest BCUT2D eigenvalue weighted by Crippen LogP contribution is 2.24. The molecule has 8 nitrogen and oxygen atoms in total. The van der Waals surface area contributed by atoms with Crippen molar-refractivity contribution in [2.75, 3.05) is 6.61 Å². The number of nitrogens with zero attached hydrogens (tertiary/aromatic N) is 6. The molecule has 0 saturated carbocycles. The first kappa shape index (κ1) is 17.1. The van der Waals surface area contributed by atoms with Gasteiger partial charge in [-0.25, -0.2) is 15.0 Å². The molecule has 3 aromatic heterocycles. The number of rotatable bonds is 5. The molecule has 0 unspecified atom stereocenters. The largest absolute Gasteiger partial charge is 0.482 e. The van der Waals surface area contributed by atoms with Gasteiger partial charge in [0.1, 0.15) is 10.9 Å². The lowest BCUT2D eigenvalue weighted by Gasteiger charge is -2.07. The van der Waals surface area contributed by atoms with Crippen LogP contribution >= 0.6 is 0 Å². The van der Waals surface area contributed by atoms with Gasteiger partial charge in [0.2, 0.25) is 0 Å². The van der Waals surface area contributed by atoms with E-state index in [0.29, 0.717) is 41.3 Å². The van der Waals surface area contributed by atoms with Gasteiger partial charge in [-0.15, -0.1) is 5.10 Å². The Morgan fingerprint density at radius 1 is 1.19 bits per heavy atom. The highest BCUT2D eigenvalue weighted by atomic mass is 16.5. The van der Waals surface area contributed by atoms with E-state index >= 15 is 0 Å². The molecular weight excluding hydrogens is 344 g/mol. The van der Waals surface area contributed by atoms with Crippen LogP contribution in [0.4, 0.5) is 0 Å². The number of aromatic nitrogens is 5. The molecule has 27 heavy (non-hydrogen) atoms. The van der Waals surface area contributed by atoms with Crippen LogP contribution in [0.15, 0.2) is 40.5 Å². The number of para-hydroxylation sites is 2. The second-order valence-corrected chi connectivity index (χ2v) is 6.67. The van der Waals surface area contributed by atoms with Crippen LogP contribution in [0, 0.1) is 5.92 Å². The van der Waals surface area contributed by atoms with Crippen LogP contribution in [0.5, 0.6) is 0 Å². The van der Waals surface area contributed by atoms with E-state index in [9.17, 15) is 4.79 Å². The van der Waals surface area contributed by atoms with Crippen LogP contribution in [0.3, 0.4) is 0 Å². The summed E-state index contributed by atoms with van der Waals surface area (Å²) < 4.78 is 8.35. The first-order chi connectivity index (χ1) is 13.1. The van der Waals surface area contributed by atoms with Crippen molar-refractivity contribution < 1.29 is 4.74 Å². The molecule has 0 aliphatic carbocycles. The van der Waals surface area contributed by atoms with Crippen molar-refractivity contribution in [3.8, 4) is 0 Å². The molecule has 0 saturated heterocycles. The predicted octanol–water partition coefficient (Wildman–Crippen LogP) is 2.78. The minimum absolute atomic E-state index is 0.145. The Kier molecular flexibility index (Phi) is 4.31. The fourth-order valence-electron chi connectivity index (χ4n) is 3.04. The number of benzene rings is 1. The Hall–Kier alpha value is -3.29. The number of hydrogen-bond donors (Lipinski definition) is 0. The molecule has 0 aliphatic heterocycles. The van der Waals surface area contributed by atoms with Gasteiger partial charge in [0, 0.05) is 6.54 Å². The molecule has 138 valence electrons. The zero-order valence-electron chi connectivity index (χ0n) is 15.5. The third-order valence-corrected chi connectivity index (χ3v) is 4.17. The van der Waals surface area contributed by atoms with Crippen molar-refractivity contribution in [1.29, 1.82) is 0 Å². The second-order valence-electron chi connectivity index (χ2n) is 6.67. The summed E-state index contributed by atoms with van der Waals surface area (Å²) in [6.07, 6.45) is 2.88. The maximum Gasteiger partial charge on any atom is 0.265 e. The molecule has 8 heteroatoms. The first-order valence-electron chi connectivity index (χ1n) is 8.91. The number of fused-ring (bicyclic) bond motifs is 4. The van der Waals surface area contributed by atoms with Gasteiger partial charge in [-0.05, 0) is 25.0 Å². The van der Waals surface area contributed by atoms with E-state index in [-0.39, 0.29) is 5.56 Å². The average Bonchev–Trinajstić information content (AvgIpc) is 2.95. The summed E-state index contributed by atoms with van der Waals surface area (Å²) in [5.41, 5.74) is 2.69. The van der Waals surface area contributed by atoms with Crippen LogP contribution in [0.25, 0.3) is 33.2 Å². The number of ether oxygens (including phenoxy) is 1. The Bertz CT molecular complexity index is 1220. The molecular formula is C19H20N6O2. The van der Waals surface area contributed by atoms with Crippen molar-refractivity contribution in [3.63, 3.8) is 0 Å². The maximum absolute atomic E-state index is 13.1. The van der Waals surface area contributed by atoms with Gasteiger partial charge in [0.25, 0.3) is 5.56 Å².